The minimum atomic E-state index is -0.129. The van der Waals surface area contributed by atoms with Crippen LogP contribution in [0.5, 0.6) is 0 Å². The highest BCUT2D eigenvalue weighted by Crippen LogP contribution is 2.52. The normalized spacial score (nSPS) is 13.7. The fraction of sp³-hybridized carbons (Fsp3) is 0.0857. The van der Waals surface area contributed by atoms with Crippen molar-refractivity contribution in [2.45, 2.75) is 19.3 Å². The topological polar surface area (TPSA) is 38.9 Å². The molecule has 0 aliphatic heterocycles. The molecule has 0 amide bonds. The molecule has 0 N–H and O–H groups in total. The van der Waals surface area contributed by atoms with Crippen LogP contribution in [-0.2, 0) is 5.41 Å². The lowest BCUT2D eigenvalue weighted by Crippen LogP contribution is -2.15. The molecule has 38 heavy (non-hydrogen) atoms. The fourth-order valence-corrected chi connectivity index (χ4v) is 6.24. The molecule has 2 aromatic heterocycles. The molecule has 8 rings (SSSR count). The molecule has 0 bridgehead atoms. The highest BCUT2D eigenvalue weighted by atomic mass is 16.3. The third kappa shape index (κ3) is 2.90. The number of furan rings is 1. The van der Waals surface area contributed by atoms with Gasteiger partial charge in [0.05, 0.1) is 11.2 Å². The predicted octanol–water partition coefficient (Wildman–Crippen LogP) is 9.17. The Morgan fingerprint density at radius 3 is 2.26 bits per heavy atom. The Morgan fingerprint density at radius 1 is 0.605 bits per heavy atom. The molecule has 0 spiro atoms. The van der Waals surface area contributed by atoms with E-state index in [0.717, 1.165) is 55.5 Å². The second-order valence-electron chi connectivity index (χ2n) is 10.6. The lowest BCUT2D eigenvalue weighted by atomic mass is 9.82. The van der Waals surface area contributed by atoms with Gasteiger partial charge in [-0.1, -0.05) is 98.8 Å². The third-order valence-corrected chi connectivity index (χ3v) is 8.07. The van der Waals surface area contributed by atoms with Crippen molar-refractivity contribution in [2.24, 2.45) is 0 Å². The van der Waals surface area contributed by atoms with Gasteiger partial charge < -0.3 is 4.42 Å². The van der Waals surface area contributed by atoms with E-state index in [0.29, 0.717) is 0 Å². The number of hydrogen-bond acceptors (Lipinski definition) is 3. The van der Waals surface area contributed by atoms with Gasteiger partial charge in [-0.25, -0.2) is 9.97 Å². The van der Waals surface area contributed by atoms with Crippen molar-refractivity contribution >= 4 is 32.8 Å². The van der Waals surface area contributed by atoms with E-state index in [1.807, 2.05) is 30.3 Å². The Bertz CT molecular complexity index is 2050. The Labute approximate surface area is 220 Å². The molecule has 0 fully saturated rings. The summed E-state index contributed by atoms with van der Waals surface area (Å²) in [6, 6.07) is 38.0. The van der Waals surface area contributed by atoms with Gasteiger partial charge in [0.15, 0.2) is 5.82 Å². The minimum absolute atomic E-state index is 0.129. The zero-order valence-electron chi connectivity index (χ0n) is 21.2. The van der Waals surface area contributed by atoms with Crippen LogP contribution in [-0.4, -0.2) is 9.97 Å². The summed E-state index contributed by atoms with van der Waals surface area (Å²) >= 11 is 0. The lowest BCUT2D eigenvalue weighted by molar-refractivity contribution is 0.620. The Balaban J connectivity index is 1.36. The predicted molar refractivity (Wildman–Crippen MR) is 155 cm³/mol. The standard InChI is InChI=1S/C35H24N2O/c1-35(2)28-14-8-6-12-23(28)25-18-19-26-24-17-16-22(20-30(24)38-33(26)31(25)35)32-27-13-7-9-15-29(27)36-34(37-32)21-10-4-3-5-11-21/h3-20H,1-2H3. The molecule has 3 heteroatoms. The maximum atomic E-state index is 6.71. The summed E-state index contributed by atoms with van der Waals surface area (Å²) in [5.41, 5.74) is 10.8. The van der Waals surface area contributed by atoms with Crippen LogP contribution >= 0.6 is 0 Å². The summed E-state index contributed by atoms with van der Waals surface area (Å²) in [6.07, 6.45) is 0. The van der Waals surface area contributed by atoms with Gasteiger partial charge in [0, 0.05) is 38.3 Å². The molecular formula is C35H24N2O. The van der Waals surface area contributed by atoms with Crippen molar-refractivity contribution in [1.82, 2.24) is 9.97 Å². The van der Waals surface area contributed by atoms with Crippen LogP contribution < -0.4 is 0 Å². The second kappa shape index (κ2) is 7.62. The van der Waals surface area contributed by atoms with Crippen LogP contribution in [0.4, 0.5) is 0 Å². The van der Waals surface area contributed by atoms with Crippen LogP contribution in [0.2, 0.25) is 0 Å². The summed E-state index contributed by atoms with van der Waals surface area (Å²) < 4.78 is 6.71. The van der Waals surface area contributed by atoms with Gasteiger partial charge in [-0.15, -0.1) is 0 Å². The maximum absolute atomic E-state index is 6.71. The fourth-order valence-electron chi connectivity index (χ4n) is 6.24. The molecule has 5 aromatic carbocycles. The number of aromatic nitrogens is 2. The van der Waals surface area contributed by atoms with Gasteiger partial charge in [-0.05, 0) is 41.0 Å². The number of rotatable bonds is 2. The molecule has 3 nitrogen and oxygen atoms in total. The van der Waals surface area contributed by atoms with Gasteiger partial charge in [0.2, 0.25) is 0 Å². The number of hydrogen-bond donors (Lipinski definition) is 0. The first-order valence-corrected chi connectivity index (χ1v) is 13.0. The van der Waals surface area contributed by atoms with E-state index in [-0.39, 0.29) is 5.41 Å². The quantitative estimate of drug-likeness (QED) is 0.243. The van der Waals surface area contributed by atoms with Crippen molar-refractivity contribution in [1.29, 1.82) is 0 Å². The summed E-state index contributed by atoms with van der Waals surface area (Å²) in [5, 5.41) is 3.31. The molecule has 2 heterocycles. The van der Waals surface area contributed by atoms with E-state index in [1.54, 1.807) is 0 Å². The first kappa shape index (κ1) is 21.3. The van der Waals surface area contributed by atoms with E-state index < -0.39 is 0 Å². The van der Waals surface area contributed by atoms with Crippen LogP contribution in [0.1, 0.15) is 25.0 Å². The zero-order chi connectivity index (χ0) is 25.4. The number of nitrogens with zero attached hydrogens (tertiary/aromatic N) is 2. The zero-order valence-corrected chi connectivity index (χ0v) is 21.2. The molecule has 180 valence electrons. The number of para-hydroxylation sites is 1. The molecule has 0 saturated heterocycles. The summed E-state index contributed by atoms with van der Waals surface area (Å²) in [4.78, 5) is 9.93. The van der Waals surface area contributed by atoms with Crippen LogP contribution in [0.3, 0.4) is 0 Å². The molecule has 7 aromatic rings. The molecular weight excluding hydrogens is 464 g/mol. The third-order valence-electron chi connectivity index (χ3n) is 8.07. The van der Waals surface area contributed by atoms with E-state index in [2.05, 4.69) is 92.7 Å². The van der Waals surface area contributed by atoms with Gasteiger partial charge in [-0.3, -0.25) is 0 Å². The monoisotopic (exact) mass is 488 g/mol. The van der Waals surface area contributed by atoms with Crippen molar-refractivity contribution in [3.8, 4) is 33.8 Å². The average molecular weight is 489 g/mol. The van der Waals surface area contributed by atoms with Crippen LogP contribution in [0.25, 0.3) is 66.6 Å². The van der Waals surface area contributed by atoms with Gasteiger partial charge in [-0.2, -0.15) is 0 Å². The lowest BCUT2D eigenvalue weighted by Gasteiger charge is -2.21. The molecule has 1 aliphatic rings. The number of benzene rings is 5. The average Bonchev–Trinajstić information content (AvgIpc) is 3.44. The largest absolute Gasteiger partial charge is 0.456 e. The van der Waals surface area contributed by atoms with Crippen LogP contribution in [0, 0.1) is 0 Å². The molecule has 0 atom stereocenters. The molecule has 0 unspecified atom stereocenters. The van der Waals surface area contributed by atoms with Gasteiger partial charge >= 0.3 is 0 Å². The van der Waals surface area contributed by atoms with Crippen molar-refractivity contribution < 1.29 is 4.42 Å². The summed E-state index contributed by atoms with van der Waals surface area (Å²) in [6.45, 7) is 4.60. The summed E-state index contributed by atoms with van der Waals surface area (Å²) in [5.74, 6) is 0.723. The minimum Gasteiger partial charge on any atom is -0.456 e. The van der Waals surface area contributed by atoms with Crippen molar-refractivity contribution in [3.63, 3.8) is 0 Å². The van der Waals surface area contributed by atoms with Crippen LogP contribution in [0.15, 0.2) is 114 Å². The Kier molecular flexibility index (Phi) is 4.28. The molecule has 0 radical (unpaired) electrons. The maximum Gasteiger partial charge on any atom is 0.160 e. The van der Waals surface area contributed by atoms with Crippen molar-refractivity contribution in [3.05, 3.63) is 120 Å². The smallest absolute Gasteiger partial charge is 0.160 e. The highest BCUT2D eigenvalue weighted by molar-refractivity contribution is 6.10. The first-order chi connectivity index (χ1) is 18.6. The summed E-state index contributed by atoms with van der Waals surface area (Å²) in [7, 11) is 0. The molecule has 0 saturated carbocycles. The molecule has 1 aliphatic carbocycles. The van der Waals surface area contributed by atoms with E-state index >= 15 is 0 Å². The first-order valence-electron chi connectivity index (χ1n) is 13.0. The Morgan fingerprint density at radius 2 is 1.37 bits per heavy atom. The highest BCUT2D eigenvalue weighted by Gasteiger charge is 2.38. The SMILES string of the molecule is CC1(C)c2ccccc2-c2ccc3c(oc4cc(-c5nc(-c6ccccc6)nc6ccccc56)ccc43)c21. The van der Waals surface area contributed by atoms with Crippen molar-refractivity contribution in [2.75, 3.05) is 0 Å². The second-order valence-corrected chi connectivity index (χ2v) is 10.6. The van der Waals surface area contributed by atoms with E-state index in [1.165, 1.54) is 22.3 Å². The number of fused-ring (bicyclic) bond motifs is 8. The Hall–Kier alpha value is -4.76. The van der Waals surface area contributed by atoms with Gasteiger partial charge in [0.25, 0.3) is 0 Å². The van der Waals surface area contributed by atoms with E-state index in [4.69, 9.17) is 14.4 Å². The van der Waals surface area contributed by atoms with E-state index in [9.17, 15) is 0 Å². The van der Waals surface area contributed by atoms with Gasteiger partial charge in [0.1, 0.15) is 11.2 Å².